The molecule has 6 nitrogen and oxygen atoms in total. The summed E-state index contributed by atoms with van der Waals surface area (Å²) in [6.07, 6.45) is 0.102. The number of hydrogen-bond acceptors (Lipinski definition) is 3. The zero-order valence-corrected chi connectivity index (χ0v) is 18.5. The monoisotopic (exact) mass is 522 g/mol. The van der Waals surface area contributed by atoms with Crippen molar-refractivity contribution in [3.05, 3.63) is 48.3 Å². The molecule has 0 radical (unpaired) electrons. The van der Waals surface area contributed by atoms with Crippen LogP contribution in [0.2, 0.25) is 0 Å². The number of hydrogen-bond donors (Lipinski definition) is 2. The maximum atomic E-state index is 12.6. The summed E-state index contributed by atoms with van der Waals surface area (Å²) in [5.74, 6) is 0.617. The molecule has 160 valence electrons. The Hall–Kier alpha value is -1.82. The SMILES string of the molecule is CCNC(=NCc1cccc(-n2cccn2)c1)NC1CCN(CC(F)(F)F)C1.I. The van der Waals surface area contributed by atoms with Crippen molar-refractivity contribution < 1.29 is 13.2 Å². The quantitative estimate of drug-likeness (QED) is 0.348. The Morgan fingerprint density at radius 1 is 1.31 bits per heavy atom. The first-order valence-electron chi connectivity index (χ1n) is 9.36. The van der Waals surface area contributed by atoms with Crippen LogP contribution in [0.5, 0.6) is 0 Å². The molecule has 3 rings (SSSR count). The van der Waals surface area contributed by atoms with Crippen molar-refractivity contribution in [1.82, 2.24) is 25.3 Å². The maximum Gasteiger partial charge on any atom is 0.401 e. The summed E-state index contributed by atoms with van der Waals surface area (Å²) in [6, 6.07) is 9.74. The third-order valence-electron chi connectivity index (χ3n) is 4.46. The minimum Gasteiger partial charge on any atom is -0.357 e. The molecular formula is C19H26F3IN6. The van der Waals surface area contributed by atoms with Gasteiger partial charge in [0.05, 0.1) is 18.8 Å². The highest BCUT2D eigenvalue weighted by Gasteiger charge is 2.34. The number of alkyl halides is 3. The first kappa shape index (κ1) is 23.5. The number of aliphatic imine (C=N–C) groups is 1. The molecule has 2 aromatic rings. The van der Waals surface area contributed by atoms with Crippen molar-refractivity contribution in [2.45, 2.75) is 32.1 Å². The summed E-state index contributed by atoms with van der Waals surface area (Å²) in [5.41, 5.74) is 1.98. The van der Waals surface area contributed by atoms with Crippen LogP contribution in [0.1, 0.15) is 18.9 Å². The van der Waals surface area contributed by atoms with Gasteiger partial charge in [-0.15, -0.1) is 24.0 Å². The molecule has 0 aliphatic carbocycles. The molecule has 1 unspecified atom stereocenters. The van der Waals surface area contributed by atoms with Crippen LogP contribution in [0.4, 0.5) is 13.2 Å². The Kier molecular flexibility index (Phi) is 8.75. The van der Waals surface area contributed by atoms with Gasteiger partial charge in [0.15, 0.2) is 5.96 Å². The molecule has 10 heteroatoms. The van der Waals surface area contributed by atoms with Crippen LogP contribution < -0.4 is 10.6 Å². The van der Waals surface area contributed by atoms with Gasteiger partial charge in [0, 0.05) is 38.1 Å². The highest BCUT2D eigenvalue weighted by Crippen LogP contribution is 2.20. The van der Waals surface area contributed by atoms with Gasteiger partial charge in [0.1, 0.15) is 0 Å². The van der Waals surface area contributed by atoms with Crippen LogP contribution in [0.15, 0.2) is 47.7 Å². The van der Waals surface area contributed by atoms with E-state index in [1.54, 1.807) is 10.9 Å². The molecule has 29 heavy (non-hydrogen) atoms. The third-order valence-corrected chi connectivity index (χ3v) is 4.46. The standard InChI is InChI=1S/C19H25F3N6.HI/c1-2-23-18(26-16-7-10-27(13-16)14-19(20,21)22)24-12-15-5-3-6-17(11-15)28-9-4-8-25-28;/h3-6,8-9,11,16H,2,7,10,12-14H2,1H3,(H2,23,24,26);1H. The van der Waals surface area contributed by atoms with Crippen molar-refractivity contribution in [1.29, 1.82) is 0 Å². The lowest BCUT2D eigenvalue weighted by atomic mass is 10.2. The van der Waals surface area contributed by atoms with Gasteiger partial charge >= 0.3 is 6.18 Å². The number of benzene rings is 1. The Labute approximate surface area is 185 Å². The molecule has 1 aromatic carbocycles. The molecule has 1 atom stereocenters. The Bertz CT molecular complexity index is 779. The first-order valence-corrected chi connectivity index (χ1v) is 9.36. The van der Waals surface area contributed by atoms with E-state index in [-0.39, 0.29) is 30.0 Å². The average molecular weight is 522 g/mol. The molecule has 1 fully saturated rings. The minimum absolute atomic E-state index is 0. The molecule has 1 aliphatic rings. The van der Waals surface area contributed by atoms with Crippen LogP contribution >= 0.6 is 24.0 Å². The fourth-order valence-electron chi connectivity index (χ4n) is 3.25. The van der Waals surface area contributed by atoms with Crippen molar-refractivity contribution in [2.75, 3.05) is 26.2 Å². The van der Waals surface area contributed by atoms with E-state index in [4.69, 9.17) is 0 Å². The van der Waals surface area contributed by atoms with E-state index in [0.717, 1.165) is 11.3 Å². The Morgan fingerprint density at radius 3 is 2.83 bits per heavy atom. The molecule has 0 spiro atoms. The summed E-state index contributed by atoms with van der Waals surface area (Å²) < 4.78 is 39.5. The molecule has 0 bridgehead atoms. The summed E-state index contributed by atoms with van der Waals surface area (Å²) in [7, 11) is 0. The Morgan fingerprint density at radius 2 is 2.14 bits per heavy atom. The zero-order chi connectivity index (χ0) is 20.0. The summed E-state index contributed by atoms with van der Waals surface area (Å²) >= 11 is 0. The topological polar surface area (TPSA) is 57.5 Å². The summed E-state index contributed by atoms with van der Waals surface area (Å²) in [6.45, 7) is 3.03. The van der Waals surface area contributed by atoms with Crippen LogP contribution in [-0.2, 0) is 6.54 Å². The van der Waals surface area contributed by atoms with Crippen LogP contribution in [0, 0.1) is 0 Å². The second kappa shape index (κ2) is 10.8. The van der Waals surface area contributed by atoms with Crippen molar-refractivity contribution in [3.8, 4) is 5.69 Å². The van der Waals surface area contributed by atoms with Gasteiger partial charge in [-0.25, -0.2) is 9.67 Å². The van der Waals surface area contributed by atoms with E-state index in [1.807, 2.05) is 43.5 Å². The third kappa shape index (κ3) is 7.50. The van der Waals surface area contributed by atoms with Gasteiger partial charge < -0.3 is 10.6 Å². The molecule has 0 saturated carbocycles. The fourth-order valence-corrected chi connectivity index (χ4v) is 3.25. The molecule has 0 amide bonds. The van der Waals surface area contributed by atoms with Gasteiger partial charge in [0.25, 0.3) is 0 Å². The van der Waals surface area contributed by atoms with E-state index in [9.17, 15) is 13.2 Å². The predicted molar refractivity (Wildman–Crippen MR) is 118 cm³/mol. The number of rotatable bonds is 6. The lowest BCUT2D eigenvalue weighted by molar-refractivity contribution is -0.143. The molecular weight excluding hydrogens is 496 g/mol. The normalized spacial score (nSPS) is 17.8. The number of aromatic nitrogens is 2. The number of guanidine groups is 1. The molecule has 2 heterocycles. The van der Waals surface area contributed by atoms with Gasteiger partial charge in [-0.05, 0) is 37.1 Å². The van der Waals surface area contributed by atoms with Crippen molar-refractivity contribution in [2.24, 2.45) is 4.99 Å². The highest BCUT2D eigenvalue weighted by molar-refractivity contribution is 14.0. The Balaban J connectivity index is 0.00000300. The second-order valence-corrected chi connectivity index (χ2v) is 6.80. The summed E-state index contributed by atoms with van der Waals surface area (Å²) in [5, 5.41) is 10.6. The van der Waals surface area contributed by atoms with Gasteiger partial charge in [-0.3, -0.25) is 4.90 Å². The van der Waals surface area contributed by atoms with Gasteiger partial charge in [0.2, 0.25) is 0 Å². The fraction of sp³-hybridized carbons (Fsp3) is 0.474. The van der Waals surface area contributed by atoms with Crippen LogP contribution in [0.3, 0.4) is 0 Å². The predicted octanol–water partition coefficient (Wildman–Crippen LogP) is 3.18. The second-order valence-electron chi connectivity index (χ2n) is 6.80. The van der Waals surface area contributed by atoms with E-state index in [0.29, 0.717) is 38.6 Å². The molecule has 2 N–H and O–H groups in total. The van der Waals surface area contributed by atoms with Gasteiger partial charge in [-0.1, -0.05) is 12.1 Å². The van der Waals surface area contributed by atoms with E-state index in [2.05, 4.69) is 20.7 Å². The number of likely N-dealkylation sites (tertiary alicyclic amines) is 1. The van der Waals surface area contributed by atoms with E-state index in [1.165, 1.54) is 4.90 Å². The largest absolute Gasteiger partial charge is 0.401 e. The lowest BCUT2D eigenvalue weighted by Gasteiger charge is -2.19. The first-order chi connectivity index (χ1) is 13.4. The maximum absolute atomic E-state index is 12.6. The molecule has 1 saturated heterocycles. The van der Waals surface area contributed by atoms with Crippen LogP contribution in [-0.4, -0.2) is 59.0 Å². The number of nitrogens with one attached hydrogen (secondary N) is 2. The molecule has 1 aromatic heterocycles. The lowest BCUT2D eigenvalue weighted by Crippen LogP contribution is -2.45. The number of halogens is 4. The van der Waals surface area contributed by atoms with Crippen molar-refractivity contribution >= 4 is 29.9 Å². The van der Waals surface area contributed by atoms with E-state index < -0.39 is 12.7 Å². The zero-order valence-electron chi connectivity index (χ0n) is 16.2. The smallest absolute Gasteiger partial charge is 0.357 e. The van der Waals surface area contributed by atoms with Crippen molar-refractivity contribution in [3.63, 3.8) is 0 Å². The highest BCUT2D eigenvalue weighted by atomic mass is 127. The van der Waals surface area contributed by atoms with Crippen LogP contribution in [0.25, 0.3) is 5.69 Å². The minimum atomic E-state index is -4.16. The van der Waals surface area contributed by atoms with Gasteiger partial charge in [-0.2, -0.15) is 18.3 Å². The van der Waals surface area contributed by atoms with E-state index >= 15 is 0 Å². The summed E-state index contributed by atoms with van der Waals surface area (Å²) in [4.78, 5) is 6.02. The average Bonchev–Trinajstić information content (AvgIpc) is 3.31. The number of nitrogens with zero attached hydrogens (tertiary/aromatic N) is 4. The molecule has 1 aliphatic heterocycles.